The van der Waals surface area contributed by atoms with E-state index in [4.69, 9.17) is 10.8 Å². The molecule has 0 saturated heterocycles. The lowest BCUT2D eigenvalue weighted by atomic mass is 10.00. The van der Waals surface area contributed by atoms with Crippen molar-refractivity contribution >= 4 is 11.8 Å². The minimum absolute atomic E-state index is 0.0607. The molecule has 108 valence electrons. The zero-order valence-electron chi connectivity index (χ0n) is 11.5. The molecular formula is C17H17NO3. The fraction of sp³-hybridized carbons (Fsp3) is 0.176. The second-order valence-electron chi connectivity index (χ2n) is 4.93. The van der Waals surface area contributed by atoms with Crippen molar-refractivity contribution < 1.29 is 14.7 Å². The summed E-state index contributed by atoms with van der Waals surface area (Å²) < 4.78 is 0. The number of carboxylic acids is 1. The number of carbonyl (C=O) groups excluding carboxylic acids is 1. The number of benzene rings is 2. The maximum Gasteiger partial charge on any atom is 0.320 e. The first kappa shape index (κ1) is 14.9. The molecule has 0 radical (unpaired) electrons. The largest absolute Gasteiger partial charge is 0.480 e. The molecule has 0 saturated carbocycles. The predicted molar refractivity (Wildman–Crippen MR) is 80.2 cm³/mol. The van der Waals surface area contributed by atoms with Crippen molar-refractivity contribution in [1.82, 2.24) is 0 Å². The van der Waals surface area contributed by atoms with Crippen molar-refractivity contribution in [2.24, 2.45) is 5.73 Å². The summed E-state index contributed by atoms with van der Waals surface area (Å²) in [5.74, 6) is -0.955. The van der Waals surface area contributed by atoms with Crippen LogP contribution >= 0.6 is 0 Å². The molecule has 0 unspecified atom stereocenters. The first-order valence-electron chi connectivity index (χ1n) is 6.70. The Balaban J connectivity index is 2.00. The first-order chi connectivity index (χ1) is 10.1. The molecule has 4 heteroatoms. The van der Waals surface area contributed by atoms with Crippen LogP contribution in [0.25, 0.3) is 0 Å². The van der Waals surface area contributed by atoms with Gasteiger partial charge in [-0.05, 0) is 17.5 Å². The topological polar surface area (TPSA) is 80.4 Å². The quantitative estimate of drug-likeness (QED) is 0.795. The summed E-state index contributed by atoms with van der Waals surface area (Å²) in [6.45, 7) is 0. The van der Waals surface area contributed by atoms with E-state index >= 15 is 0 Å². The summed E-state index contributed by atoms with van der Waals surface area (Å²) in [4.78, 5) is 22.8. The number of hydrogen-bond acceptors (Lipinski definition) is 3. The Morgan fingerprint density at radius 2 is 1.52 bits per heavy atom. The molecule has 0 aromatic heterocycles. The van der Waals surface area contributed by atoms with Crippen molar-refractivity contribution in [2.75, 3.05) is 0 Å². The Kier molecular flexibility index (Phi) is 4.85. The molecule has 2 rings (SSSR count). The van der Waals surface area contributed by atoms with Crippen molar-refractivity contribution in [2.45, 2.75) is 18.9 Å². The normalized spacial score (nSPS) is 11.9. The van der Waals surface area contributed by atoms with Crippen LogP contribution in [-0.4, -0.2) is 22.9 Å². The lowest BCUT2D eigenvalue weighted by Crippen LogP contribution is -2.32. The molecule has 0 heterocycles. The van der Waals surface area contributed by atoms with Gasteiger partial charge in [0.25, 0.3) is 0 Å². The van der Waals surface area contributed by atoms with Crippen LogP contribution in [0.2, 0.25) is 0 Å². The van der Waals surface area contributed by atoms with Crippen LogP contribution in [0.1, 0.15) is 21.5 Å². The molecule has 2 aromatic carbocycles. The molecule has 1 atom stereocenters. The number of carboxylic acid groups (broad SMARTS) is 1. The zero-order valence-corrected chi connectivity index (χ0v) is 11.5. The van der Waals surface area contributed by atoms with Crippen LogP contribution in [-0.2, 0) is 17.6 Å². The molecule has 0 aliphatic carbocycles. The minimum Gasteiger partial charge on any atom is -0.480 e. The van der Waals surface area contributed by atoms with Gasteiger partial charge in [0, 0.05) is 12.0 Å². The van der Waals surface area contributed by atoms with Gasteiger partial charge in [-0.15, -0.1) is 0 Å². The molecule has 0 aliphatic rings. The Labute approximate surface area is 123 Å². The molecular weight excluding hydrogens is 266 g/mol. The molecule has 0 bridgehead atoms. The van der Waals surface area contributed by atoms with Crippen LogP contribution in [0.3, 0.4) is 0 Å². The maximum atomic E-state index is 12.1. The zero-order chi connectivity index (χ0) is 15.2. The Morgan fingerprint density at radius 3 is 2.10 bits per heavy atom. The third kappa shape index (κ3) is 4.26. The lowest BCUT2D eigenvalue weighted by molar-refractivity contribution is -0.138. The fourth-order valence-electron chi connectivity index (χ4n) is 2.05. The lowest BCUT2D eigenvalue weighted by Gasteiger charge is -2.07. The highest BCUT2D eigenvalue weighted by Gasteiger charge is 2.12. The van der Waals surface area contributed by atoms with Crippen LogP contribution in [0.15, 0.2) is 54.6 Å². The van der Waals surface area contributed by atoms with Gasteiger partial charge in [-0.1, -0.05) is 54.6 Å². The molecule has 0 amide bonds. The predicted octanol–water partition coefficient (Wildman–Crippen LogP) is 2.07. The third-order valence-corrected chi connectivity index (χ3v) is 3.26. The average Bonchev–Trinajstić information content (AvgIpc) is 2.50. The molecule has 4 nitrogen and oxygen atoms in total. The van der Waals surface area contributed by atoms with Gasteiger partial charge in [-0.3, -0.25) is 9.59 Å². The van der Waals surface area contributed by atoms with E-state index < -0.39 is 12.0 Å². The standard InChI is InChI=1S/C17H17NO3/c18-15(17(20)21)10-12-6-8-13(9-7-12)11-16(19)14-4-2-1-3-5-14/h1-9,15H,10-11,18H2,(H,20,21)/t15-/m0/s1. The van der Waals surface area contributed by atoms with Gasteiger partial charge in [-0.2, -0.15) is 0 Å². The second kappa shape index (κ2) is 6.81. The molecule has 0 aliphatic heterocycles. The minimum atomic E-state index is -1.02. The van der Waals surface area contributed by atoms with Crippen LogP contribution < -0.4 is 5.73 Å². The van der Waals surface area contributed by atoms with Gasteiger partial charge in [-0.25, -0.2) is 0 Å². The highest BCUT2D eigenvalue weighted by atomic mass is 16.4. The van der Waals surface area contributed by atoms with Crippen molar-refractivity contribution in [1.29, 1.82) is 0 Å². The van der Waals surface area contributed by atoms with Gasteiger partial charge >= 0.3 is 5.97 Å². The highest BCUT2D eigenvalue weighted by molar-refractivity contribution is 5.97. The second-order valence-corrected chi connectivity index (χ2v) is 4.93. The van der Waals surface area contributed by atoms with E-state index in [-0.39, 0.29) is 12.2 Å². The summed E-state index contributed by atoms with van der Waals surface area (Å²) in [7, 11) is 0. The number of nitrogens with two attached hydrogens (primary N) is 1. The summed E-state index contributed by atoms with van der Waals surface area (Å²) >= 11 is 0. The highest BCUT2D eigenvalue weighted by Crippen LogP contribution is 2.10. The molecule has 3 N–H and O–H groups in total. The molecule has 0 fully saturated rings. The smallest absolute Gasteiger partial charge is 0.320 e. The summed E-state index contributed by atoms with van der Waals surface area (Å²) in [6, 6.07) is 15.5. The number of aliphatic carboxylic acids is 1. The van der Waals surface area contributed by atoms with E-state index in [1.54, 1.807) is 12.1 Å². The Hall–Kier alpha value is -2.46. The number of carbonyl (C=O) groups is 2. The first-order valence-corrected chi connectivity index (χ1v) is 6.70. The van der Waals surface area contributed by atoms with Crippen LogP contribution in [0.4, 0.5) is 0 Å². The SMILES string of the molecule is N[C@@H](Cc1ccc(CC(=O)c2ccccc2)cc1)C(=O)O. The third-order valence-electron chi connectivity index (χ3n) is 3.26. The maximum absolute atomic E-state index is 12.1. The van der Waals surface area contributed by atoms with Gasteiger partial charge in [0.1, 0.15) is 6.04 Å². The van der Waals surface area contributed by atoms with Gasteiger partial charge < -0.3 is 10.8 Å². The van der Waals surface area contributed by atoms with Gasteiger partial charge in [0.2, 0.25) is 0 Å². The number of ketones is 1. The Morgan fingerprint density at radius 1 is 0.952 bits per heavy atom. The van der Waals surface area contributed by atoms with E-state index in [1.165, 1.54) is 0 Å². The van der Waals surface area contributed by atoms with Crippen molar-refractivity contribution in [3.05, 3.63) is 71.3 Å². The van der Waals surface area contributed by atoms with Crippen LogP contribution in [0.5, 0.6) is 0 Å². The summed E-state index contributed by atoms with van der Waals surface area (Å²) in [5.41, 5.74) is 7.93. The monoisotopic (exact) mass is 283 g/mol. The summed E-state index contributed by atoms with van der Waals surface area (Å²) in [6.07, 6.45) is 0.609. The van der Waals surface area contributed by atoms with Crippen LogP contribution in [0, 0.1) is 0 Å². The van der Waals surface area contributed by atoms with E-state index in [2.05, 4.69) is 0 Å². The van der Waals surface area contributed by atoms with E-state index in [0.717, 1.165) is 11.1 Å². The Bertz CT molecular complexity index is 620. The number of Topliss-reactive ketones (excluding diaryl/α,β-unsaturated/α-hetero) is 1. The van der Waals surface area contributed by atoms with E-state index in [1.807, 2.05) is 42.5 Å². The van der Waals surface area contributed by atoms with Crippen molar-refractivity contribution in [3.8, 4) is 0 Å². The van der Waals surface area contributed by atoms with Crippen molar-refractivity contribution in [3.63, 3.8) is 0 Å². The van der Waals surface area contributed by atoms with E-state index in [9.17, 15) is 9.59 Å². The average molecular weight is 283 g/mol. The summed E-state index contributed by atoms with van der Waals surface area (Å²) in [5, 5.41) is 8.77. The van der Waals surface area contributed by atoms with Gasteiger partial charge in [0.15, 0.2) is 5.78 Å². The number of hydrogen-bond donors (Lipinski definition) is 2. The number of rotatable bonds is 6. The molecule has 2 aromatic rings. The molecule has 21 heavy (non-hydrogen) atoms. The van der Waals surface area contributed by atoms with Gasteiger partial charge in [0.05, 0.1) is 0 Å². The molecule has 0 spiro atoms. The fourth-order valence-corrected chi connectivity index (χ4v) is 2.05. The van der Waals surface area contributed by atoms with E-state index in [0.29, 0.717) is 12.0 Å².